The average molecular weight is 286 g/mol. The van der Waals surface area contributed by atoms with Gasteiger partial charge in [-0.1, -0.05) is 0 Å². The van der Waals surface area contributed by atoms with E-state index in [-0.39, 0.29) is 5.97 Å². The number of hydrogen-bond acceptors (Lipinski definition) is 5. The lowest BCUT2D eigenvalue weighted by atomic mass is 9.96. The van der Waals surface area contributed by atoms with Crippen LogP contribution in [0, 0.1) is 0 Å². The molecule has 2 unspecified atom stereocenters. The van der Waals surface area contributed by atoms with Crippen molar-refractivity contribution in [3.05, 3.63) is 0 Å². The number of esters is 1. The molecule has 0 aromatic rings. The second-order valence-corrected chi connectivity index (χ2v) is 5.80. The van der Waals surface area contributed by atoms with E-state index in [4.69, 9.17) is 9.47 Å². The predicted octanol–water partition coefficient (Wildman–Crippen LogP) is 1.42. The predicted molar refractivity (Wildman–Crippen MR) is 79.8 cm³/mol. The highest BCUT2D eigenvalue weighted by molar-refractivity contribution is 5.80. The molecule has 1 aliphatic rings. The maximum Gasteiger partial charge on any atom is 0.326 e. The normalized spacial score (nSPS) is 21.9. The summed E-state index contributed by atoms with van der Waals surface area (Å²) < 4.78 is 10.8. The molecule has 5 nitrogen and oxygen atoms in total. The lowest BCUT2D eigenvalue weighted by Gasteiger charge is -2.28. The number of carbonyl (C=O) groups is 1. The number of nitrogens with zero attached hydrogens (tertiary/aromatic N) is 1. The van der Waals surface area contributed by atoms with Crippen LogP contribution in [-0.2, 0) is 14.3 Å². The Balaban J connectivity index is 2.27. The number of hydrogen-bond donors (Lipinski definition) is 1. The topological polar surface area (TPSA) is 50.8 Å². The average Bonchev–Trinajstić information content (AvgIpc) is 2.91. The molecular weight excluding hydrogens is 256 g/mol. The summed E-state index contributed by atoms with van der Waals surface area (Å²) in [6.45, 7) is 7.02. The van der Waals surface area contributed by atoms with Crippen molar-refractivity contribution in [1.29, 1.82) is 0 Å². The van der Waals surface area contributed by atoms with Crippen molar-refractivity contribution in [3.63, 3.8) is 0 Å². The van der Waals surface area contributed by atoms with Crippen LogP contribution >= 0.6 is 0 Å². The third kappa shape index (κ3) is 5.38. The molecule has 1 fully saturated rings. The van der Waals surface area contributed by atoms with Crippen LogP contribution in [0.3, 0.4) is 0 Å². The molecule has 1 rings (SSSR count). The van der Waals surface area contributed by atoms with Gasteiger partial charge in [0.15, 0.2) is 0 Å². The third-order valence-corrected chi connectivity index (χ3v) is 4.03. The number of likely N-dealkylation sites (N-methyl/N-ethyl adjacent to an activating group) is 2. The Labute approximate surface area is 123 Å². The fourth-order valence-electron chi connectivity index (χ4n) is 2.55. The second-order valence-electron chi connectivity index (χ2n) is 5.80. The van der Waals surface area contributed by atoms with E-state index in [9.17, 15) is 4.79 Å². The first-order valence-corrected chi connectivity index (χ1v) is 7.68. The summed E-state index contributed by atoms with van der Waals surface area (Å²) in [6.07, 6.45) is 4.47. The SMILES string of the molecule is CCOC(=O)C(C)(CCCN(C)CC1CCCO1)NC. The fraction of sp³-hybridized carbons (Fsp3) is 0.933. The van der Waals surface area contributed by atoms with Gasteiger partial charge in [-0.25, -0.2) is 0 Å². The molecule has 0 aromatic heterocycles. The molecule has 1 saturated heterocycles. The zero-order valence-corrected chi connectivity index (χ0v) is 13.4. The molecule has 0 radical (unpaired) electrons. The monoisotopic (exact) mass is 286 g/mol. The van der Waals surface area contributed by atoms with Gasteiger partial charge in [0.2, 0.25) is 0 Å². The number of nitrogens with one attached hydrogen (secondary N) is 1. The minimum atomic E-state index is -0.583. The van der Waals surface area contributed by atoms with Crippen molar-refractivity contribution in [2.45, 2.75) is 51.2 Å². The quantitative estimate of drug-likeness (QED) is 0.650. The second kappa shape index (κ2) is 8.60. The molecule has 1 aliphatic heterocycles. The maximum atomic E-state index is 11.9. The molecule has 118 valence electrons. The van der Waals surface area contributed by atoms with Crippen LogP contribution in [-0.4, -0.2) is 62.9 Å². The molecule has 1 heterocycles. The van der Waals surface area contributed by atoms with Crippen LogP contribution < -0.4 is 5.32 Å². The molecule has 2 atom stereocenters. The van der Waals surface area contributed by atoms with Gasteiger partial charge in [0.1, 0.15) is 5.54 Å². The van der Waals surface area contributed by atoms with Crippen LogP contribution in [0.15, 0.2) is 0 Å². The van der Waals surface area contributed by atoms with Crippen molar-refractivity contribution in [1.82, 2.24) is 10.2 Å². The van der Waals surface area contributed by atoms with Crippen molar-refractivity contribution in [3.8, 4) is 0 Å². The van der Waals surface area contributed by atoms with Gasteiger partial charge in [-0.2, -0.15) is 0 Å². The minimum absolute atomic E-state index is 0.163. The van der Waals surface area contributed by atoms with E-state index in [0.717, 1.165) is 32.5 Å². The Morgan fingerprint density at radius 1 is 1.55 bits per heavy atom. The van der Waals surface area contributed by atoms with Crippen molar-refractivity contribution in [2.24, 2.45) is 0 Å². The van der Waals surface area contributed by atoms with Gasteiger partial charge < -0.3 is 19.7 Å². The van der Waals surface area contributed by atoms with Gasteiger partial charge in [0.05, 0.1) is 12.7 Å². The Hall–Kier alpha value is -0.650. The molecular formula is C15H30N2O3. The summed E-state index contributed by atoms with van der Waals surface area (Å²) in [7, 11) is 3.93. The first-order chi connectivity index (χ1) is 9.51. The van der Waals surface area contributed by atoms with Crippen LogP contribution in [0.4, 0.5) is 0 Å². The summed E-state index contributed by atoms with van der Waals surface area (Å²) in [6, 6.07) is 0. The van der Waals surface area contributed by atoms with Crippen molar-refractivity contribution in [2.75, 3.05) is 40.4 Å². The molecule has 0 saturated carbocycles. The highest BCUT2D eigenvalue weighted by Gasteiger charge is 2.32. The van der Waals surface area contributed by atoms with E-state index in [2.05, 4.69) is 17.3 Å². The number of rotatable bonds is 9. The van der Waals surface area contributed by atoms with Crippen LogP contribution in [0.25, 0.3) is 0 Å². The Bertz CT molecular complexity index is 293. The summed E-state index contributed by atoms with van der Waals surface area (Å²) in [5.74, 6) is -0.163. The van der Waals surface area contributed by atoms with Crippen LogP contribution in [0.5, 0.6) is 0 Å². The van der Waals surface area contributed by atoms with Gasteiger partial charge >= 0.3 is 5.97 Å². The molecule has 20 heavy (non-hydrogen) atoms. The van der Waals surface area contributed by atoms with Crippen LogP contribution in [0.2, 0.25) is 0 Å². The van der Waals surface area contributed by atoms with Gasteiger partial charge in [0.25, 0.3) is 0 Å². The fourth-order valence-corrected chi connectivity index (χ4v) is 2.55. The maximum absolute atomic E-state index is 11.9. The molecule has 0 amide bonds. The van der Waals surface area contributed by atoms with E-state index in [1.807, 2.05) is 20.9 Å². The highest BCUT2D eigenvalue weighted by Crippen LogP contribution is 2.16. The summed E-state index contributed by atoms with van der Waals surface area (Å²) in [5.41, 5.74) is -0.583. The zero-order valence-electron chi connectivity index (χ0n) is 13.4. The Morgan fingerprint density at radius 2 is 2.30 bits per heavy atom. The van der Waals surface area contributed by atoms with E-state index in [1.165, 1.54) is 12.8 Å². The van der Waals surface area contributed by atoms with Gasteiger partial charge in [-0.3, -0.25) is 4.79 Å². The van der Waals surface area contributed by atoms with Gasteiger partial charge in [-0.05, 0) is 60.2 Å². The molecule has 0 bridgehead atoms. The Kier molecular flexibility index (Phi) is 7.48. The smallest absolute Gasteiger partial charge is 0.326 e. The van der Waals surface area contributed by atoms with E-state index in [0.29, 0.717) is 12.7 Å². The molecule has 0 aromatic carbocycles. The summed E-state index contributed by atoms with van der Waals surface area (Å²) >= 11 is 0. The van der Waals surface area contributed by atoms with E-state index < -0.39 is 5.54 Å². The molecule has 0 spiro atoms. The lowest BCUT2D eigenvalue weighted by molar-refractivity contribution is -0.150. The number of carbonyl (C=O) groups excluding carboxylic acids is 1. The zero-order chi connectivity index (χ0) is 15.0. The van der Waals surface area contributed by atoms with E-state index >= 15 is 0 Å². The largest absolute Gasteiger partial charge is 0.465 e. The summed E-state index contributed by atoms with van der Waals surface area (Å²) in [4.78, 5) is 14.2. The lowest BCUT2D eigenvalue weighted by Crippen LogP contribution is -2.49. The minimum Gasteiger partial charge on any atom is -0.465 e. The first kappa shape index (κ1) is 17.4. The molecule has 1 N–H and O–H groups in total. The molecule has 5 heteroatoms. The third-order valence-electron chi connectivity index (χ3n) is 4.03. The molecule has 0 aliphatic carbocycles. The van der Waals surface area contributed by atoms with Crippen LogP contribution in [0.1, 0.15) is 39.5 Å². The summed E-state index contributed by atoms with van der Waals surface area (Å²) in [5, 5.41) is 3.09. The first-order valence-electron chi connectivity index (χ1n) is 7.68. The standard InChI is InChI=1S/C15H30N2O3/c1-5-19-14(18)15(2,16-3)9-7-10-17(4)12-13-8-6-11-20-13/h13,16H,5-12H2,1-4H3. The van der Waals surface area contributed by atoms with E-state index in [1.54, 1.807) is 0 Å². The highest BCUT2D eigenvalue weighted by atomic mass is 16.5. The van der Waals surface area contributed by atoms with Crippen molar-refractivity contribution >= 4 is 5.97 Å². The van der Waals surface area contributed by atoms with Gasteiger partial charge in [-0.15, -0.1) is 0 Å². The van der Waals surface area contributed by atoms with Crippen molar-refractivity contribution < 1.29 is 14.3 Å². The Morgan fingerprint density at radius 3 is 2.85 bits per heavy atom. The van der Waals surface area contributed by atoms with Gasteiger partial charge in [0, 0.05) is 13.2 Å². The number of ether oxygens (including phenoxy) is 2.